The number of carbonyl (C=O) groups excluding carboxylic acids is 4. The van der Waals surface area contributed by atoms with Crippen LogP contribution in [0.15, 0.2) is 60.7 Å². The molecule has 2 saturated heterocycles. The van der Waals surface area contributed by atoms with E-state index in [0.717, 1.165) is 0 Å². The van der Waals surface area contributed by atoms with Crippen LogP contribution in [0.2, 0.25) is 0 Å². The first-order chi connectivity index (χ1) is 22.1. The molecule has 252 valence electrons. The highest BCUT2D eigenvalue weighted by Gasteiger charge is 2.29. The van der Waals surface area contributed by atoms with Crippen LogP contribution in [0.4, 0.5) is 21.0 Å². The highest BCUT2D eigenvalue weighted by atomic mass is 16.5. The summed E-state index contributed by atoms with van der Waals surface area (Å²) in [7, 11) is 0. The summed E-state index contributed by atoms with van der Waals surface area (Å²) < 4.78 is 10.6. The van der Waals surface area contributed by atoms with E-state index < -0.39 is 12.1 Å². The Morgan fingerprint density at radius 2 is 0.913 bits per heavy atom. The zero-order valence-electron chi connectivity index (χ0n) is 27.5. The van der Waals surface area contributed by atoms with Gasteiger partial charge in [-0.15, -0.1) is 0 Å². The number of ether oxygens (including phenoxy) is 2. The molecule has 12 heteroatoms. The van der Waals surface area contributed by atoms with Gasteiger partial charge in [-0.3, -0.25) is 9.59 Å². The predicted molar refractivity (Wildman–Crippen MR) is 178 cm³/mol. The molecule has 2 aromatic carbocycles. The topological polar surface area (TPSA) is 141 Å². The average Bonchev–Trinajstić information content (AvgIpc) is 3.05. The third-order valence-electron chi connectivity index (χ3n) is 7.33. The lowest BCUT2D eigenvalue weighted by Gasteiger charge is -2.31. The van der Waals surface area contributed by atoms with E-state index in [4.69, 9.17) is 9.47 Å². The molecule has 0 bridgehead atoms. The average molecular weight is 639 g/mol. The van der Waals surface area contributed by atoms with E-state index in [1.165, 1.54) is 0 Å². The molecule has 2 atom stereocenters. The van der Waals surface area contributed by atoms with Crippen LogP contribution in [-0.4, -0.2) is 98.4 Å². The molecule has 4 N–H and O–H groups in total. The number of benzene rings is 2. The standard InChI is InChI=1S/2C17H25N3O3/c2*1-13(2)12-15(16(21)20-8-10-23-11-9-20)19-17(22)18-14-6-4-3-5-7-14/h2*3-7,13,15H,8-12H2,1-2H3,(H2,18,19,22)/t2*15-/m00/s1. The number of carbonyl (C=O) groups is 4. The Bertz CT molecular complexity index is 1120. The van der Waals surface area contributed by atoms with Crippen LogP contribution in [0, 0.1) is 11.8 Å². The second kappa shape index (κ2) is 19.4. The smallest absolute Gasteiger partial charge is 0.319 e. The van der Waals surface area contributed by atoms with Crippen LogP contribution in [0.3, 0.4) is 0 Å². The molecule has 6 amide bonds. The van der Waals surface area contributed by atoms with Gasteiger partial charge in [-0.25, -0.2) is 9.59 Å². The molecule has 0 radical (unpaired) electrons. The van der Waals surface area contributed by atoms with Crippen molar-refractivity contribution in [2.75, 3.05) is 63.2 Å². The summed E-state index contributed by atoms with van der Waals surface area (Å²) >= 11 is 0. The van der Waals surface area contributed by atoms with E-state index in [-0.39, 0.29) is 23.9 Å². The van der Waals surface area contributed by atoms with Gasteiger partial charge < -0.3 is 40.5 Å². The van der Waals surface area contributed by atoms with Crippen LogP contribution >= 0.6 is 0 Å². The van der Waals surface area contributed by atoms with Gasteiger partial charge in [0.15, 0.2) is 0 Å². The summed E-state index contributed by atoms with van der Waals surface area (Å²) in [5.41, 5.74) is 1.40. The summed E-state index contributed by atoms with van der Waals surface area (Å²) in [6, 6.07) is 16.6. The van der Waals surface area contributed by atoms with Crippen LogP contribution in [0.5, 0.6) is 0 Å². The molecule has 0 unspecified atom stereocenters. The maximum atomic E-state index is 12.6. The molecule has 12 nitrogen and oxygen atoms in total. The van der Waals surface area contributed by atoms with Gasteiger partial charge in [-0.1, -0.05) is 64.1 Å². The summed E-state index contributed by atoms with van der Waals surface area (Å²) in [6.45, 7) is 12.7. The molecule has 0 spiro atoms. The van der Waals surface area contributed by atoms with Crippen molar-refractivity contribution in [1.29, 1.82) is 0 Å². The molecule has 0 saturated carbocycles. The van der Waals surface area contributed by atoms with E-state index in [2.05, 4.69) is 21.3 Å². The lowest BCUT2D eigenvalue weighted by molar-refractivity contribution is -0.138. The van der Waals surface area contributed by atoms with Gasteiger partial charge in [-0.05, 0) is 48.9 Å². The van der Waals surface area contributed by atoms with Crippen LogP contribution in [0.25, 0.3) is 0 Å². The molecule has 2 heterocycles. The lowest BCUT2D eigenvalue weighted by Crippen LogP contribution is -2.53. The van der Waals surface area contributed by atoms with Crippen molar-refractivity contribution in [1.82, 2.24) is 20.4 Å². The predicted octanol–water partition coefficient (Wildman–Crippen LogP) is 4.16. The van der Waals surface area contributed by atoms with Crippen molar-refractivity contribution < 1.29 is 28.7 Å². The van der Waals surface area contributed by atoms with Crippen molar-refractivity contribution >= 4 is 35.3 Å². The first-order valence-corrected chi connectivity index (χ1v) is 16.1. The molecule has 46 heavy (non-hydrogen) atoms. The Morgan fingerprint density at radius 3 is 1.22 bits per heavy atom. The normalized spacial score (nSPS) is 16.0. The van der Waals surface area contributed by atoms with Gasteiger partial charge in [0.2, 0.25) is 11.8 Å². The highest BCUT2D eigenvalue weighted by molar-refractivity contribution is 5.94. The van der Waals surface area contributed by atoms with Gasteiger partial charge in [0.1, 0.15) is 12.1 Å². The maximum absolute atomic E-state index is 12.6. The molecule has 4 rings (SSSR count). The minimum absolute atomic E-state index is 0.0368. The van der Waals surface area contributed by atoms with Crippen molar-refractivity contribution in [3.8, 4) is 0 Å². The van der Waals surface area contributed by atoms with Crippen molar-refractivity contribution in [3.05, 3.63) is 60.7 Å². The second-order valence-corrected chi connectivity index (χ2v) is 12.2. The third-order valence-corrected chi connectivity index (χ3v) is 7.33. The van der Waals surface area contributed by atoms with Crippen LogP contribution in [0.1, 0.15) is 40.5 Å². The molecular formula is C34H50N6O6. The number of nitrogens with zero attached hydrogens (tertiary/aromatic N) is 2. The van der Waals surface area contributed by atoms with Crippen molar-refractivity contribution in [2.24, 2.45) is 11.8 Å². The van der Waals surface area contributed by atoms with E-state index >= 15 is 0 Å². The fourth-order valence-electron chi connectivity index (χ4n) is 5.09. The number of rotatable bonds is 10. The largest absolute Gasteiger partial charge is 0.378 e. The van der Waals surface area contributed by atoms with E-state index in [0.29, 0.717) is 88.7 Å². The van der Waals surface area contributed by atoms with Gasteiger partial charge >= 0.3 is 12.1 Å². The maximum Gasteiger partial charge on any atom is 0.319 e. The number of hydrogen-bond acceptors (Lipinski definition) is 6. The third kappa shape index (κ3) is 13.1. The minimum Gasteiger partial charge on any atom is -0.378 e. The Labute approximate surface area is 272 Å². The van der Waals surface area contributed by atoms with Gasteiger partial charge in [0.05, 0.1) is 26.4 Å². The molecule has 0 aromatic heterocycles. The molecular weight excluding hydrogens is 588 g/mol. The number of anilines is 2. The molecule has 2 aliphatic rings. The van der Waals surface area contributed by atoms with Crippen molar-refractivity contribution in [2.45, 2.75) is 52.6 Å². The van der Waals surface area contributed by atoms with Crippen LogP contribution in [-0.2, 0) is 19.1 Å². The number of urea groups is 2. The number of morpholine rings is 2. The SMILES string of the molecule is CC(C)C[C@H](NC(=O)Nc1ccccc1)C(=O)N1CCOCC1.CC(C)C[C@H](NC(=O)Nc1ccccc1)C(=O)N1CCOCC1. The lowest BCUT2D eigenvalue weighted by atomic mass is 10.0. The van der Waals surface area contributed by atoms with Gasteiger partial charge in [0, 0.05) is 37.6 Å². The van der Waals surface area contributed by atoms with Crippen molar-refractivity contribution in [3.63, 3.8) is 0 Å². The number of para-hydroxylation sites is 2. The van der Waals surface area contributed by atoms with E-state index in [9.17, 15) is 19.2 Å². The zero-order chi connectivity index (χ0) is 33.3. The Kier molecular flexibility index (Phi) is 15.3. The Morgan fingerprint density at radius 1 is 0.587 bits per heavy atom. The Balaban J connectivity index is 0.000000250. The first kappa shape index (κ1) is 36.3. The Hall–Kier alpha value is -4.16. The quantitative estimate of drug-likeness (QED) is 0.308. The summed E-state index contributed by atoms with van der Waals surface area (Å²) in [4.78, 5) is 53.2. The van der Waals surface area contributed by atoms with Gasteiger partial charge in [0.25, 0.3) is 0 Å². The summed E-state index contributed by atoms with van der Waals surface area (Å²) in [5, 5.41) is 11.1. The molecule has 2 aromatic rings. The molecule has 2 aliphatic heterocycles. The number of nitrogens with one attached hydrogen (secondary N) is 4. The number of amides is 6. The summed E-state index contributed by atoms with van der Waals surface area (Å²) in [6.07, 6.45) is 1.22. The molecule has 0 aliphatic carbocycles. The van der Waals surface area contributed by atoms with Gasteiger partial charge in [-0.2, -0.15) is 0 Å². The monoisotopic (exact) mass is 638 g/mol. The van der Waals surface area contributed by atoms with E-state index in [1.807, 2.05) is 64.1 Å². The van der Waals surface area contributed by atoms with E-state index in [1.54, 1.807) is 34.1 Å². The first-order valence-electron chi connectivity index (χ1n) is 16.1. The highest BCUT2D eigenvalue weighted by Crippen LogP contribution is 2.13. The van der Waals surface area contributed by atoms with Crippen LogP contribution < -0.4 is 21.3 Å². The fraction of sp³-hybridized carbons (Fsp3) is 0.529. The zero-order valence-corrected chi connectivity index (χ0v) is 27.5. The fourth-order valence-corrected chi connectivity index (χ4v) is 5.09. The summed E-state index contributed by atoms with van der Waals surface area (Å²) in [5.74, 6) is 0.541. The second-order valence-electron chi connectivity index (χ2n) is 12.2. The minimum atomic E-state index is -0.517. The molecule has 2 fully saturated rings. The number of hydrogen-bond donors (Lipinski definition) is 4.